The summed E-state index contributed by atoms with van der Waals surface area (Å²) < 4.78 is 1.79. The molecule has 1 saturated heterocycles. The fraction of sp³-hybridized carbons (Fsp3) is 0.476. The molecule has 0 aliphatic carbocycles. The van der Waals surface area contributed by atoms with Crippen LogP contribution < -0.4 is 0 Å². The summed E-state index contributed by atoms with van der Waals surface area (Å²) in [7, 11) is 0. The van der Waals surface area contributed by atoms with Crippen molar-refractivity contribution in [2.75, 3.05) is 13.1 Å². The maximum Gasteiger partial charge on any atom is 0.257 e. The minimum Gasteiger partial charge on any atom is -0.336 e. The summed E-state index contributed by atoms with van der Waals surface area (Å²) in [6.45, 7) is 7.72. The van der Waals surface area contributed by atoms with Gasteiger partial charge in [-0.25, -0.2) is 0 Å². The summed E-state index contributed by atoms with van der Waals surface area (Å²) in [5.41, 5.74) is 1.70. The van der Waals surface area contributed by atoms with Crippen molar-refractivity contribution in [2.45, 2.75) is 52.2 Å². The first-order chi connectivity index (χ1) is 13.0. The number of hydrogen-bond acceptors (Lipinski definition) is 3. The summed E-state index contributed by atoms with van der Waals surface area (Å²) >= 11 is 0. The normalized spacial score (nSPS) is 18.1. The van der Waals surface area contributed by atoms with Gasteiger partial charge >= 0.3 is 0 Å². The first-order valence-electron chi connectivity index (χ1n) is 9.66. The molecule has 2 heterocycles. The van der Waals surface area contributed by atoms with Gasteiger partial charge in [-0.15, -0.1) is 0 Å². The van der Waals surface area contributed by atoms with E-state index in [1.165, 1.54) is 0 Å². The number of rotatable bonds is 5. The molecule has 1 fully saturated rings. The first kappa shape index (κ1) is 19.1. The van der Waals surface area contributed by atoms with Crippen molar-refractivity contribution in [3.05, 3.63) is 53.9 Å². The van der Waals surface area contributed by atoms with Crippen molar-refractivity contribution < 1.29 is 9.59 Å². The zero-order valence-electron chi connectivity index (χ0n) is 16.3. The van der Waals surface area contributed by atoms with Gasteiger partial charge in [-0.2, -0.15) is 5.10 Å². The smallest absolute Gasteiger partial charge is 0.257 e. The molecule has 1 unspecified atom stereocenters. The van der Waals surface area contributed by atoms with Gasteiger partial charge in [-0.1, -0.05) is 37.3 Å². The highest BCUT2D eigenvalue weighted by Crippen LogP contribution is 2.19. The van der Waals surface area contributed by atoms with Crippen LogP contribution in [0.5, 0.6) is 0 Å². The Balaban J connectivity index is 1.76. The van der Waals surface area contributed by atoms with Gasteiger partial charge in [0.15, 0.2) is 0 Å². The SMILES string of the molecule is CCC1CN(C(=O)c2cnn(C(C)C)c2)CCC(=O)N1Cc1ccccc1. The van der Waals surface area contributed by atoms with E-state index in [4.69, 9.17) is 0 Å². The highest BCUT2D eigenvalue weighted by molar-refractivity contribution is 5.94. The second-order valence-electron chi connectivity index (χ2n) is 7.37. The van der Waals surface area contributed by atoms with E-state index in [2.05, 4.69) is 12.0 Å². The van der Waals surface area contributed by atoms with Gasteiger partial charge in [0.2, 0.25) is 5.91 Å². The fourth-order valence-electron chi connectivity index (χ4n) is 3.47. The van der Waals surface area contributed by atoms with Crippen LogP contribution >= 0.6 is 0 Å². The molecule has 1 aliphatic rings. The third-order valence-electron chi connectivity index (χ3n) is 5.12. The van der Waals surface area contributed by atoms with E-state index < -0.39 is 0 Å². The average Bonchev–Trinajstić information content (AvgIpc) is 3.12. The summed E-state index contributed by atoms with van der Waals surface area (Å²) in [4.78, 5) is 29.5. The Hall–Kier alpha value is -2.63. The van der Waals surface area contributed by atoms with Crippen LogP contribution in [0.25, 0.3) is 0 Å². The molecule has 27 heavy (non-hydrogen) atoms. The molecule has 0 N–H and O–H groups in total. The molecular weight excluding hydrogens is 340 g/mol. The Bertz CT molecular complexity index is 784. The number of carbonyl (C=O) groups excluding carboxylic acids is 2. The monoisotopic (exact) mass is 368 g/mol. The minimum atomic E-state index is -0.0466. The van der Waals surface area contributed by atoms with Crippen LogP contribution in [0.3, 0.4) is 0 Å². The molecule has 2 amide bonds. The minimum absolute atomic E-state index is 0.0179. The molecule has 3 rings (SSSR count). The molecular formula is C21H28N4O2. The highest BCUT2D eigenvalue weighted by atomic mass is 16.2. The Morgan fingerprint density at radius 3 is 2.63 bits per heavy atom. The lowest BCUT2D eigenvalue weighted by Gasteiger charge is -2.31. The summed E-state index contributed by atoms with van der Waals surface area (Å²) in [6, 6.07) is 10.2. The van der Waals surface area contributed by atoms with Crippen molar-refractivity contribution in [3.63, 3.8) is 0 Å². The van der Waals surface area contributed by atoms with E-state index in [0.717, 1.165) is 12.0 Å². The molecule has 0 spiro atoms. The lowest BCUT2D eigenvalue weighted by molar-refractivity contribution is -0.133. The number of amides is 2. The molecule has 1 aromatic heterocycles. The van der Waals surface area contributed by atoms with E-state index in [-0.39, 0.29) is 23.9 Å². The van der Waals surface area contributed by atoms with E-state index in [0.29, 0.717) is 31.6 Å². The van der Waals surface area contributed by atoms with Crippen molar-refractivity contribution in [1.82, 2.24) is 19.6 Å². The van der Waals surface area contributed by atoms with Crippen LogP contribution in [-0.4, -0.2) is 50.5 Å². The topological polar surface area (TPSA) is 58.4 Å². The van der Waals surface area contributed by atoms with Gasteiger partial charge in [0.25, 0.3) is 5.91 Å². The van der Waals surface area contributed by atoms with Crippen LogP contribution in [0.1, 0.15) is 55.6 Å². The number of aromatic nitrogens is 2. The van der Waals surface area contributed by atoms with Gasteiger partial charge in [-0.3, -0.25) is 14.3 Å². The maximum absolute atomic E-state index is 13.0. The summed E-state index contributed by atoms with van der Waals surface area (Å²) in [5, 5.41) is 4.27. The summed E-state index contributed by atoms with van der Waals surface area (Å²) in [6.07, 6.45) is 4.58. The van der Waals surface area contributed by atoms with Crippen LogP contribution in [0.15, 0.2) is 42.7 Å². The van der Waals surface area contributed by atoms with Gasteiger partial charge in [-0.05, 0) is 25.8 Å². The lowest BCUT2D eigenvalue weighted by Crippen LogP contribution is -2.43. The second-order valence-corrected chi connectivity index (χ2v) is 7.37. The van der Waals surface area contributed by atoms with Crippen molar-refractivity contribution >= 4 is 11.8 Å². The molecule has 6 heteroatoms. The Labute approximate surface area is 160 Å². The zero-order valence-corrected chi connectivity index (χ0v) is 16.3. The van der Waals surface area contributed by atoms with Gasteiger partial charge in [0.1, 0.15) is 0 Å². The molecule has 6 nitrogen and oxygen atoms in total. The maximum atomic E-state index is 13.0. The third kappa shape index (κ3) is 4.38. The lowest BCUT2D eigenvalue weighted by atomic mass is 10.1. The predicted octanol–water partition coefficient (Wildman–Crippen LogP) is 3.12. The number of hydrogen-bond donors (Lipinski definition) is 0. The van der Waals surface area contributed by atoms with Crippen LogP contribution in [0.4, 0.5) is 0 Å². The molecule has 2 aromatic rings. The van der Waals surface area contributed by atoms with Gasteiger partial charge in [0.05, 0.1) is 11.8 Å². The standard InChI is InChI=1S/C21H28N4O2/c1-4-19-15-23(21(27)18-12-22-25(14-18)16(2)3)11-10-20(26)24(19)13-17-8-6-5-7-9-17/h5-9,12,14,16,19H,4,10-11,13,15H2,1-3H3. The largest absolute Gasteiger partial charge is 0.336 e. The van der Waals surface area contributed by atoms with Crippen LogP contribution in [0.2, 0.25) is 0 Å². The van der Waals surface area contributed by atoms with E-state index in [1.54, 1.807) is 22.0 Å². The molecule has 0 bridgehead atoms. The van der Waals surface area contributed by atoms with Crippen LogP contribution in [0, 0.1) is 0 Å². The fourth-order valence-corrected chi connectivity index (χ4v) is 3.47. The molecule has 1 atom stereocenters. The third-order valence-corrected chi connectivity index (χ3v) is 5.12. The molecule has 1 aliphatic heterocycles. The van der Waals surface area contributed by atoms with E-state index >= 15 is 0 Å². The molecule has 1 aromatic carbocycles. The summed E-state index contributed by atoms with van der Waals surface area (Å²) in [5.74, 6) is 0.0635. The highest BCUT2D eigenvalue weighted by Gasteiger charge is 2.31. The average molecular weight is 368 g/mol. The van der Waals surface area contributed by atoms with Gasteiger partial charge in [0, 0.05) is 44.3 Å². The second kappa shape index (κ2) is 8.37. The van der Waals surface area contributed by atoms with E-state index in [9.17, 15) is 9.59 Å². The molecule has 144 valence electrons. The Kier molecular flexibility index (Phi) is 5.94. The zero-order chi connectivity index (χ0) is 19.4. The number of nitrogens with zero attached hydrogens (tertiary/aromatic N) is 4. The Morgan fingerprint density at radius 1 is 1.26 bits per heavy atom. The predicted molar refractivity (Wildman–Crippen MR) is 104 cm³/mol. The van der Waals surface area contributed by atoms with Crippen molar-refractivity contribution in [1.29, 1.82) is 0 Å². The van der Waals surface area contributed by atoms with Crippen molar-refractivity contribution in [2.24, 2.45) is 0 Å². The number of benzene rings is 1. The molecule has 0 radical (unpaired) electrons. The Morgan fingerprint density at radius 2 is 2.00 bits per heavy atom. The quantitative estimate of drug-likeness (QED) is 0.815. The first-order valence-corrected chi connectivity index (χ1v) is 9.66. The van der Waals surface area contributed by atoms with E-state index in [1.807, 2.05) is 49.1 Å². The van der Waals surface area contributed by atoms with Crippen LogP contribution in [-0.2, 0) is 11.3 Å². The van der Waals surface area contributed by atoms with Gasteiger partial charge < -0.3 is 9.80 Å². The number of carbonyl (C=O) groups is 2. The molecule has 0 saturated carbocycles. The van der Waals surface area contributed by atoms with Crippen molar-refractivity contribution in [3.8, 4) is 0 Å².